The van der Waals surface area contributed by atoms with Crippen molar-refractivity contribution in [1.82, 2.24) is 10.2 Å². The van der Waals surface area contributed by atoms with Gasteiger partial charge >= 0.3 is 0 Å². The fourth-order valence-electron chi connectivity index (χ4n) is 3.31. The molecule has 0 spiro atoms. The SMILES string of the molecule is C=CCN1C(=S)NC2c3cc(Br)cc(C)c3OC1(C)C2C. The van der Waals surface area contributed by atoms with Gasteiger partial charge in [0.05, 0.1) is 6.04 Å². The molecule has 5 heteroatoms. The molecule has 3 nitrogen and oxygen atoms in total. The molecule has 2 aliphatic heterocycles. The molecule has 0 radical (unpaired) electrons. The molecule has 3 unspecified atom stereocenters. The Morgan fingerprint density at radius 3 is 2.95 bits per heavy atom. The maximum atomic E-state index is 6.45. The van der Waals surface area contributed by atoms with E-state index in [-0.39, 0.29) is 12.0 Å². The van der Waals surface area contributed by atoms with Gasteiger partial charge in [0.25, 0.3) is 0 Å². The largest absolute Gasteiger partial charge is 0.467 e. The van der Waals surface area contributed by atoms with E-state index in [9.17, 15) is 0 Å². The second kappa shape index (κ2) is 4.99. The predicted octanol–water partition coefficient (Wildman–Crippen LogP) is 3.92. The molecular weight excluding hydrogens is 348 g/mol. The third-order valence-corrected chi connectivity index (χ3v) is 5.42. The number of aryl methyl sites for hydroxylation is 1. The first-order chi connectivity index (χ1) is 9.88. The van der Waals surface area contributed by atoms with Crippen LogP contribution >= 0.6 is 28.1 Å². The number of benzene rings is 1. The highest BCUT2D eigenvalue weighted by Gasteiger charge is 2.53. The Kier molecular flexibility index (Phi) is 3.53. The van der Waals surface area contributed by atoms with Crippen LogP contribution in [0.3, 0.4) is 0 Å². The van der Waals surface area contributed by atoms with E-state index in [1.807, 2.05) is 6.08 Å². The van der Waals surface area contributed by atoms with Gasteiger partial charge in [-0.15, -0.1) is 6.58 Å². The first kappa shape index (κ1) is 14.9. The van der Waals surface area contributed by atoms with E-state index in [2.05, 4.69) is 65.6 Å². The number of hydrogen-bond acceptors (Lipinski definition) is 2. The summed E-state index contributed by atoms with van der Waals surface area (Å²) in [5.41, 5.74) is 1.86. The lowest BCUT2D eigenvalue weighted by atomic mass is 9.80. The molecule has 3 atom stereocenters. The van der Waals surface area contributed by atoms with Crippen molar-refractivity contribution in [3.05, 3.63) is 40.4 Å². The number of thiocarbonyl (C=S) groups is 1. The summed E-state index contributed by atoms with van der Waals surface area (Å²) in [7, 11) is 0. The third kappa shape index (κ3) is 2.09. The lowest BCUT2D eigenvalue weighted by molar-refractivity contribution is -0.106. The zero-order valence-electron chi connectivity index (χ0n) is 12.4. The van der Waals surface area contributed by atoms with Crippen LogP contribution in [0.1, 0.15) is 31.0 Å². The number of nitrogens with zero attached hydrogens (tertiary/aromatic N) is 1. The van der Waals surface area contributed by atoms with Crippen molar-refractivity contribution >= 4 is 33.3 Å². The van der Waals surface area contributed by atoms with Gasteiger partial charge in [0.1, 0.15) is 5.75 Å². The van der Waals surface area contributed by atoms with Crippen molar-refractivity contribution in [2.24, 2.45) is 5.92 Å². The smallest absolute Gasteiger partial charge is 0.187 e. The van der Waals surface area contributed by atoms with Crippen molar-refractivity contribution in [2.75, 3.05) is 6.54 Å². The standard InChI is InChI=1S/C16H19BrN2OS/c1-5-6-19-15(21)18-13-10(3)16(19,4)20-14-9(2)7-11(17)8-12(13)14/h5,7-8,10,13H,1,6H2,2-4H3,(H,18,21). The summed E-state index contributed by atoms with van der Waals surface area (Å²) in [4.78, 5) is 2.08. The third-order valence-electron chi connectivity index (χ3n) is 4.63. The van der Waals surface area contributed by atoms with Gasteiger partial charge < -0.3 is 15.0 Å². The van der Waals surface area contributed by atoms with E-state index in [0.717, 1.165) is 20.9 Å². The average Bonchev–Trinajstić information content (AvgIpc) is 2.41. The summed E-state index contributed by atoms with van der Waals surface area (Å²) < 4.78 is 7.52. The molecule has 1 fully saturated rings. The highest BCUT2D eigenvalue weighted by atomic mass is 79.9. The van der Waals surface area contributed by atoms with Crippen LogP contribution in [0.25, 0.3) is 0 Å². The Labute approximate surface area is 139 Å². The van der Waals surface area contributed by atoms with E-state index in [1.165, 1.54) is 5.56 Å². The number of hydrogen-bond donors (Lipinski definition) is 1. The molecule has 1 saturated heterocycles. The van der Waals surface area contributed by atoms with Crippen LogP contribution in [0.2, 0.25) is 0 Å². The van der Waals surface area contributed by atoms with Crippen LogP contribution in [0.15, 0.2) is 29.3 Å². The van der Waals surface area contributed by atoms with Crippen LogP contribution in [0.5, 0.6) is 5.75 Å². The van der Waals surface area contributed by atoms with Crippen LogP contribution in [0, 0.1) is 12.8 Å². The number of halogens is 1. The highest BCUT2D eigenvalue weighted by molar-refractivity contribution is 9.10. The Morgan fingerprint density at radius 2 is 2.29 bits per heavy atom. The second-order valence-electron chi connectivity index (χ2n) is 5.91. The second-order valence-corrected chi connectivity index (χ2v) is 7.22. The molecule has 3 rings (SSSR count). The van der Waals surface area contributed by atoms with Gasteiger partial charge in [-0.3, -0.25) is 0 Å². The molecule has 21 heavy (non-hydrogen) atoms. The molecule has 0 aromatic heterocycles. The minimum absolute atomic E-state index is 0.170. The number of ether oxygens (including phenoxy) is 1. The number of fused-ring (bicyclic) bond motifs is 4. The monoisotopic (exact) mass is 366 g/mol. The van der Waals surface area contributed by atoms with Crippen LogP contribution in [-0.2, 0) is 0 Å². The van der Waals surface area contributed by atoms with E-state index >= 15 is 0 Å². The minimum atomic E-state index is -0.452. The number of nitrogens with one attached hydrogen (secondary N) is 1. The Bertz CT molecular complexity index is 633. The van der Waals surface area contributed by atoms with Gasteiger partial charge in [-0.05, 0) is 43.8 Å². The van der Waals surface area contributed by atoms with E-state index in [1.54, 1.807) is 0 Å². The van der Waals surface area contributed by atoms with Gasteiger partial charge in [0.2, 0.25) is 0 Å². The zero-order valence-corrected chi connectivity index (χ0v) is 14.8. The van der Waals surface area contributed by atoms with Crippen LogP contribution < -0.4 is 10.1 Å². The summed E-state index contributed by atoms with van der Waals surface area (Å²) in [5, 5.41) is 4.20. The van der Waals surface area contributed by atoms with Crippen molar-refractivity contribution in [3.8, 4) is 5.75 Å². The quantitative estimate of drug-likeness (QED) is 0.633. The van der Waals surface area contributed by atoms with E-state index in [4.69, 9.17) is 17.0 Å². The maximum Gasteiger partial charge on any atom is 0.187 e. The van der Waals surface area contributed by atoms with Crippen LogP contribution in [0.4, 0.5) is 0 Å². The molecule has 112 valence electrons. The Hall–Kier alpha value is -1.07. The van der Waals surface area contributed by atoms with Gasteiger partial charge in [-0.25, -0.2) is 0 Å². The topological polar surface area (TPSA) is 24.5 Å². The summed E-state index contributed by atoms with van der Waals surface area (Å²) in [6.45, 7) is 10.9. The molecule has 0 aliphatic carbocycles. The van der Waals surface area contributed by atoms with E-state index < -0.39 is 5.72 Å². The van der Waals surface area contributed by atoms with Gasteiger partial charge in [0, 0.05) is 22.5 Å². The first-order valence-corrected chi connectivity index (χ1v) is 8.26. The maximum absolute atomic E-state index is 6.45. The molecule has 2 aliphatic rings. The predicted molar refractivity (Wildman–Crippen MR) is 92.5 cm³/mol. The van der Waals surface area contributed by atoms with E-state index in [0.29, 0.717) is 6.54 Å². The molecule has 0 saturated carbocycles. The molecular formula is C16H19BrN2OS. The molecule has 2 heterocycles. The lowest BCUT2D eigenvalue weighted by Gasteiger charge is -2.56. The molecule has 1 aromatic rings. The van der Waals surface area contributed by atoms with Gasteiger partial charge in [-0.2, -0.15) is 0 Å². The van der Waals surface area contributed by atoms with Crippen molar-refractivity contribution < 1.29 is 4.74 Å². The lowest BCUT2D eigenvalue weighted by Crippen LogP contribution is -2.68. The average molecular weight is 367 g/mol. The minimum Gasteiger partial charge on any atom is -0.467 e. The fraction of sp³-hybridized carbons (Fsp3) is 0.438. The molecule has 1 N–H and O–H groups in total. The Morgan fingerprint density at radius 1 is 1.57 bits per heavy atom. The number of rotatable bonds is 2. The highest BCUT2D eigenvalue weighted by Crippen LogP contribution is 2.49. The van der Waals surface area contributed by atoms with Crippen molar-refractivity contribution in [2.45, 2.75) is 32.5 Å². The van der Waals surface area contributed by atoms with Gasteiger partial charge in [0.15, 0.2) is 10.8 Å². The van der Waals surface area contributed by atoms with Gasteiger partial charge in [-0.1, -0.05) is 28.9 Å². The normalized spacial score (nSPS) is 30.3. The fourth-order valence-corrected chi connectivity index (χ4v) is 4.29. The van der Waals surface area contributed by atoms with Crippen molar-refractivity contribution in [1.29, 1.82) is 0 Å². The van der Waals surface area contributed by atoms with Crippen molar-refractivity contribution in [3.63, 3.8) is 0 Å². The Balaban J connectivity index is 2.16. The first-order valence-electron chi connectivity index (χ1n) is 7.06. The van der Waals surface area contributed by atoms with Crippen LogP contribution in [-0.4, -0.2) is 22.3 Å². The summed E-state index contributed by atoms with van der Waals surface area (Å²) in [5.74, 6) is 1.23. The zero-order chi connectivity index (χ0) is 15.4. The summed E-state index contributed by atoms with van der Waals surface area (Å²) in [6, 6.07) is 4.38. The molecule has 0 amide bonds. The summed E-state index contributed by atoms with van der Waals surface area (Å²) >= 11 is 9.12. The molecule has 2 bridgehead atoms. The summed E-state index contributed by atoms with van der Waals surface area (Å²) in [6.07, 6.45) is 1.86. The molecule has 1 aromatic carbocycles.